The number of carbonyl (C=O) groups excluding carboxylic acids is 2. The van der Waals surface area contributed by atoms with Crippen LogP contribution in [0.3, 0.4) is 0 Å². The lowest BCUT2D eigenvalue weighted by Crippen LogP contribution is -2.51. The molecule has 208 valence electrons. The molecule has 0 unspecified atom stereocenters. The first kappa shape index (κ1) is 30.3. The van der Waals surface area contributed by atoms with E-state index in [9.17, 15) is 18.0 Å². The number of benzene rings is 3. The topological polar surface area (TPSA) is 96.0 Å². The van der Waals surface area contributed by atoms with E-state index in [1.165, 1.54) is 42.3 Å². The average molecular weight is 593 g/mol. The summed E-state index contributed by atoms with van der Waals surface area (Å²) in [5.41, 5.74) is 0.941. The molecule has 1 atom stereocenters. The zero-order valence-corrected chi connectivity index (χ0v) is 24.3. The van der Waals surface area contributed by atoms with Gasteiger partial charge in [0.1, 0.15) is 18.3 Å². The van der Waals surface area contributed by atoms with Crippen molar-refractivity contribution in [3.05, 3.63) is 88.4 Å². The first-order valence-corrected chi connectivity index (χ1v) is 14.5. The number of hydrogen-bond donors (Lipinski definition) is 1. The number of sulfonamides is 1. The van der Waals surface area contributed by atoms with E-state index in [0.29, 0.717) is 22.3 Å². The van der Waals surface area contributed by atoms with Crippen molar-refractivity contribution >= 4 is 50.7 Å². The molecular formula is C28H31Cl2N3O5S. The Balaban J connectivity index is 2.01. The second-order valence-corrected chi connectivity index (χ2v) is 11.5. The number of rotatable bonds is 12. The lowest BCUT2D eigenvalue weighted by atomic mass is 10.1. The molecule has 8 nitrogen and oxygen atoms in total. The summed E-state index contributed by atoms with van der Waals surface area (Å²) in [6.45, 7) is 3.50. The minimum atomic E-state index is -4.21. The van der Waals surface area contributed by atoms with E-state index in [-0.39, 0.29) is 23.0 Å². The van der Waals surface area contributed by atoms with Crippen LogP contribution in [0.2, 0.25) is 10.0 Å². The van der Waals surface area contributed by atoms with Crippen LogP contribution in [0.1, 0.15) is 25.8 Å². The molecular weight excluding hydrogens is 561 g/mol. The highest BCUT2D eigenvalue weighted by Gasteiger charge is 2.32. The van der Waals surface area contributed by atoms with E-state index >= 15 is 0 Å². The number of carbonyl (C=O) groups is 2. The van der Waals surface area contributed by atoms with Crippen LogP contribution in [-0.4, -0.2) is 51.4 Å². The van der Waals surface area contributed by atoms with Crippen molar-refractivity contribution in [1.82, 2.24) is 10.2 Å². The van der Waals surface area contributed by atoms with Crippen molar-refractivity contribution in [2.45, 2.75) is 37.8 Å². The number of methoxy groups -OCH3 is 1. The smallest absolute Gasteiger partial charge is 0.264 e. The van der Waals surface area contributed by atoms with Gasteiger partial charge in [0.2, 0.25) is 11.8 Å². The minimum Gasteiger partial charge on any atom is -0.497 e. The van der Waals surface area contributed by atoms with Crippen molar-refractivity contribution in [3.63, 3.8) is 0 Å². The van der Waals surface area contributed by atoms with Crippen LogP contribution in [0.4, 0.5) is 5.69 Å². The number of halogens is 2. The Hall–Kier alpha value is -3.27. The summed E-state index contributed by atoms with van der Waals surface area (Å²) in [7, 11) is -2.73. The number of ether oxygens (including phenoxy) is 1. The van der Waals surface area contributed by atoms with Gasteiger partial charge in [0.15, 0.2) is 0 Å². The van der Waals surface area contributed by atoms with Crippen LogP contribution < -0.4 is 14.4 Å². The highest BCUT2D eigenvalue weighted by Crippen LogP contribution is 2.28. The van der Waals surface area contributed by atoms with E-state index in [2.05, 4.69) is 5.32 Å². The van der Waals surface area contributed by atoms with Gasteiger partial charge in [0.05, 0.1) is 17.7 Å². The lowest BCUT2D eigenvalue weighted by Gasteiger charge is -2.32. The third kappa shape index (κ3) is 7.88. The zero-order valence-electron chi connectivity index (χ0n) is 21.9. The van der Waals surface area contributed by atoms with Crippen molar-refractivity contribution in [3.8, 4) is 5.75 Å². The summed E-state index contributed by atoms with van der Waals surface area (Å²) in [5.74, 6) is -0.423. The van der Waals surface area contributed by atoms with Gasteiger partial charge in [-0.3, -0.25) is 13.9 Å². The SMILES string of the molecule is CCCNC(=O)[C@H](C)N(Cc1ccc(Cl)cc1)C(=O)CN(c1cccc(Cl)c1)S(=O)(=O)c1ccc(OC)cc1. The quantitative estimate of drug-likeness (QED) is 0.314. The zero-order chi connectivity index (χ0) is 28.6. The van der Waals surface area contributed by atoms with Crippen molar-refractivity contribution in [2.75, 3.05) is 24.5 Å². The molecule has 1 N–H and O–H groups in total. The van der Waals surface area contributed by atoms with Gasteiger partial charge in [-0.1, -0.05) is 48.3 Å². The first-order valence-electron chi connectivity index (χ1n) is 12.3. The third-order valence-electron chi connectivity index (χ3n) is 6.01. The molecule has 3 rings (SSSR count). The molecule has 0 aliphatic heterocycles. The van der Waals surface area contributed by atoms with Crippen LogP contribution in [0, 0.1) is 0 Å². The fraction of sp³-hybridized carbons (Fsp3) is 0.286. The normalized spacial score (nSPS) is 11.9. The molecule has 0 spiro atoms. The summed E-state index contributed by atoms with van der Waals surface area (Å²) in [6, 6.07) is 18.1. The summed E-state index contributed by atoms with van der Waals surface area (Å²) >= 11 is 12.2. The van der Waals surface area contributed by atoms with Crippen LogP contribution in [0.5, 0.6) is 5.75 Å². The molecule has 3 aromatic carbocycles. The Morgan fingerprint density at radius 1 is 0.974 bits per heavy atom. The van der Waals surface area contributed by atoms with Crippen molar-refractivity contribution < 1.29 is 22.7 Å². The summed E-state index contributed by atoms with van der Waals surface area (Å²) < 4.78 is 33.8. The molecule has 3 aromatic rings. The molecule has 2 amide bonds. The second-order valence-electron chi connectivity index (χ2n) is 8.78. The molecule has 0 saturated heterocycles. The number of nitrogens with one attached hydrogen (secondary N) is 1. The Bertz CT molecular complexity index is 1380. The van der Waals surface area contributed by atoms with Crippen LogP contribution in [-0.2, 0) is 26.2 Å². The number of nitrogens with zero attached hydrogens (tertiary/aromatic N) is 2. The molecule has 0 fully saturated rings. The molecule has 0 saturated carbocycles. The average Bonchev–Trinajstić information content (AvgIpc) is 2.93. The Kier molecular flexibility index (Phi) is 10.6. The summed E-state index contributed by atoms with van der Waals surface area (Å²) in [6.07, 6.45) is 0.728. The van der Waals surface area contributed by atoms with Crippen LogP contribution in [0.15, 0.2) is 77.7 Å². The number of anilines is 1. The standard InChI is InChI=1S/C28H31Cl2N3O5S/c1-4-16-31-28(35)20(2)32(18-21-8-10-22(29)11-9-21)27(34)19-33(24-7-5-6-23(30)17-24)39(36,37)26-14-12-25(38-3)13-15-26/h5-15,17,20H,4,16,18-19H2,1-3H3,(H,31,35)/t20-/m0/s1. The first-order chi connectivity index (χ1) is 18.6. The van der Waals surface area contributed by atoms with E-state index < -0.39 is 28.5 Å². The molecule has 0 bridgehead atoms. The number of amides is 2. The lowest BCUT2D eigenvalue weighted by molar-refractivity contribution is -0.139. The number of hydrogen-bond acceptors (Lipinski definition) is 5. The van der Waals surface area contributed by atoms with Gasteiger partial charge in [-0.25, -0.2) is 8.42 Å². The molecule has 0 heterocycles. The highest BCUT2D eigenvalue weighted by molar-refractivity contribution is 7.92. The van der Waals surface area contributed by atoms with E-state index in [1.54, 1.807) is 49.4 Å². The maximum Gasteiger partial charge on any atom is 0.264 e. The Morgan fingerprint density at radius 3 is 2.23 bits per heavy atom. The highest BCUT2D eigenvalue weighted by atomic mass is 35.5. The van der Waals surface area contributed by atoms with E-state index in [1.807, 2.05) is 6.92 Å². The maximum absolute atomic E-state index is 13.8. The minimum absolute atomic E-state index is 0.0333. The van der Waals surface area contributed by atoms with Crippen molar-refractivity contribution in [2.24, 2.45) is 0 Å². The van der Waals surface area contributed by atoms with Crippen molar-refractivity contribution in [1.29, 1.82) is 0 Å². The summed E-state index contributed by atoms with van der Waals surface area (Å²) in [5, 5.41) is 3.64. The van der Waals surface area contributed by atoms with Gasteiger partial charge in [-0.15, -0.1) is 0 Å². The molecule has 39 heavy (non-hydrogen) atoms. The Morgan fingerprint density at radius 2 is 1.64 bits per heavy atom. The Labute approximate surface area is 239 Å². The molecule has 0 aliphatic carbocycles. The van der Waals surface area contributed by atoms with Gasteiger partial charge < -0.3 is 15.0 Å². The summed E-state index contributed by atoms with van der Waals surface area (Å²) in [4.78, 5) is 28.0. The van der Waals surface area contributed by atoms with E-state index in [4.69, 9.17) is 27.9 Å². The maximum atomic E-state index is 13.8. The molecule has 0 aromatic heterocycles. The van der Waals surface area contributed by atoms with Gasteiger partial charge in [0.25, 0.3) is 10.0 Å². The fourth-order valence-corrected chi connectivity index (χ4v) is 5.52. The van der Waals surface area contributed by atoms with Gasteiger partial charge >= 0.3 is 0 Å². The monoisotopic (exact) mass is 591 g/mol. The predicted molar refractivity (Wildman–Crippen MR) is 154 cm³/mol. The van der Waals surface area contributed by atoms with Gasteiger partial charge in [0, 0.05) is 23.1 Å². The van der Waals surface area contributed by atoms with Gasteiger partial charge in [-0.05, 0) is 73.5 Å². The van der Waals surface area contributed by atoms with Gasteiger partial charge in [-0.2, -0.15) is 0 Å². The molecule has 11 heteroatoms. The van der Waals surface area contributed by atoms with Crippen LogP contribution in [0.25, 0.3) is 0 Å². The fourth-order valence-electron chi connectivity index (χ4n) is 3.80. The molecule has 0 radical (unpaired) electrons. The second kappa shape index (κ2) is 13.7. The van der Waals surface area contributed by atoms with E-state index in [0.717, 1.165) is 16.3 Å². The molecule has 0 aliphatic rings. The largest absolute Gasteiger partial charge is 0.497 e. The third-order valence-corrected chi connectivity index (χ3v) is 8.28. The van der Waals surface area contributed by atoms with Crippen LogP contribution >= 0.6 is 23.2 Å². The predicted octanol–water partition coefficient (Wildman–Crippen LogP) is 5.14.